The minimum absolute atomic E-state index is 0.0799. The second-order valence-electron chi connectivity index (χ2n) is 10.4. The van der Waals surface area contributed by atoms with Crippen LogP contribution in [0.4, 0.5) is 37.7 Å². The van der Waals surface area contributed by atoms with Gasteiger partial charge >= 0.3 is 12.4 Å². The minimum Gasteiger partial charge on any atom is -0.355 e. The molecule has 0 saturated carbocycles. The van der Waals surface area contributed by atoms with E-state index >= 15 is 0 Å². The molecule has 0 spiro atoms. The smallest absolute Gasteiger partial charge is 0.355 e. The van der Waals surface area contributed by atoms with Crippen molar-refractivity contribution in [3.05, 3.63) is 95.3 Å². The van der Waals surface area contributed by atoms with Crippen LogP contribution in [0.2, 0.25) is 0 Å². The van der Waals surface area contributed by atoms with Crippen molar-refractivity contribution in [3.8, 4) is 0 Å². The predicted molar refractivity (Wildman–Crippen MR) is 150 cm³/mol. The Hall–Kier alpha value is -3.86. The van der Waals surface area contributed by atoms with E-state index in [0.717, 1.165) is 34.8 Å². The molecule has 42 heavy (non-hydrogen) atoms. The maximum Gasteiger partial charge on any atom is 0.416 e. The zero-order valence-corrected chi connectivity index (χ0v) is 23.1. The number of anilines is 2. The van der Waals surface area contributed by atoms with Gasteiger partial charge in [0.2, 0.25) is 5.91 Å². The van der Waals surface area contributed by atoms with Crippen molar-refractivity contribution in [2.75, 3.05) is 25.0 Å². The summed E-state index contributed by atoms with van der Waals surface area (Å²) in [4.78, 5) is 21.0. The Balaban J connectivity index is 1.46. The highest BCUT2D eigenvalue weighted by atomic mass is 19.4. The molecule has 0 radical (unpaired) electrons. The van der Waals surface area contributed by atoms with Gasteiger partial charge in [-0.2, -0.15) is 26.3 Å². The molecule has 1 aromatic heterocycles. The molecule has 1 aliphatic heterocycles. The average molecular weight is 591 g/mol. The van der Waals surface area contributed by atoms with E-state index in [0.29, 0.717) is 31.5 Å². The first kappa shape index (κ1) is 31.1. The Kier molecular flexibility index (Phi) is 9.93. The lowest BCUT2D eigenvalue weighted by Crippen LogP contribution is -2.47. The molecule has 0 atom stereocenters. The molecule has 0 aliphatic carbocycles. The van der Waals surface area contributed by atoms with Crippen LogP contribution in [0.25, 0.3) is 6.08 Å². The molecule has 3 aromatic rings. The fourth-order valence-corrected chi connectivity index (χ4v) is 4.85. The van der Waals surface area contributed by atoms with Gasteiger partial charge in [0.05, 0.1) is 12.0 Å². The fourth-order valence-electron chi connectivity index (χ4n) is 4.85. The summed E-state index contributed by atoms with van der Waals surface area (Å²) in [7, 11) is 0. The van der Waals surface area contributed by atoms with Crippen LogP contribution in [0.15, 0.2) is 72.9 Å². The number of nitrogens with one attached hydrogen (secondary N) is 1. The molecule has 1 N–H and O–H groups in total. The number of pyridine rings is 1. The van der Waals surface area contributed by atoms with Crippen molar-refractivity contribution < 1.29 is 31.1 Å². The van der Waals surface area contributed by atoms with Gasteiger partial charge in [0, 0.05) is 61.6 Å². The maximum atomic E-state index is 13.4. The molecular weight excluding hydrogens is 558 g/mol. The van der Waals surface area contributed by atoms with Gasteiger partial charge in [-0.25, -0.2) is 0 Å². The molecule has 0 unspecified atom stereocenters. The number of aryl methyl sites for hydroxylation is 1. The third-order valence-corrected chi connectivity index (χ3v) is 7.14. The monoisotopic (exact) mass is 590 g/mol. The number of aromatic nitrogens is 1. The van der Waals surface area contributed by atoms with E-state index in [2.05, 4.69) is 10.3 Å². The summed E-state index contributed by atoms with van der Waals surface area (Å²) in [5.74, 6) is -0.321. The molecule has 0 bridgehead atoms. The molecule has 1 saturated heterocycles. The van der Waals surface area contributed by atoms with Crippen LogP contribution in [0, 0.1) is 6.92 Å². The van der Waals surface area contributed by atoms with Crippen LogP contribution in [0.3, 0.4) is 0 Å². The summed E-state index contributed by atoms with van der Waals surface area (Å²) in [6.45, 7) is 2.96. The van der Waals surface area contributed by atoms with Crippen molar-refractivity contribution in [1.29, 1.82) is 0 Å². The summed E-state index contributed by atoms with van der Waals surface area (Å²) < 4.78 is 76.7. The number of hydrogen-bond acceptors (Lipinski definition) is 4. The predicted octanol–water partition coefficient (Wildman–Crippen LogP) is 7.61. The quantitative estimate of drug-likeness (QED) is 0.206. The first-order valence-electron chi connectivity index (χ1n) is 13.6. The molecular formula is C31H32F6N4O. The van der Waals surface area contributed by atoms with E-state index < -0.39 is 24.3 Å². The van der Waals surface area contributed by atoms with Gasteiger partial charge in [0.1, 0.15) is 0 Å². The third kappa shape index (κ3) is 9.34. The first-order valence-corrected chi connectivity index (χ1v) is 13.6. The number of likely N-dealkylation sites (tertiary alicyclic amines) is 1. The number of halogens is 6. The van der Waals surface area contributed by atoms with Crippen LogP contribution in [0.5, 0.6) is 0 Å². The molecule has 1 fully saturated rings. The Labute approximate surface area is 240 Å². The lowest BCUT2D eigenvalue weighted by molar-refractivity contribution is -0.139. The average Bonchev–Trinajstić information content (AvgIpc) is 2.94. The number of amides is 1. The van der Waals surface area contributed by atoms with Gasteiger partial charge in [0.25, 0.3) is 0 Å². The zero-order valence-electron chi connectivity index (χ0n) is 23.1. The van der Waals surface area contributed by atoms with E-state index in [-0.39, 0.29) is 25.0 Å². The maximum absolute atomic E-state index is 13.4. The van der Waals surface area contributed by atoms with Crippen molar-refractivity contribution >= 4 is 23.4 Å². The van der Waals surface area contributed by atoms with E-state index in [9.17, 15) is 31.1 Å². The largest absolute Gasteiger partial charge is 0.416 e. The Morgan fingerprint density at radius 1 is 0.976 bits per heavy atom. The Bertz CT molecular complexity index is 1350. The molecule has 4 rings (SSSR count). The summed E-state index contributed by atoms with van der Waals surface area (Å²) >= 11 is 0. The van der Waals surface area contributed by atoms with Crippen molar-refractivity contribution in [1.82, 2.24) is 14.8 Å². The van der Waals surface area contributed by atoms with Crippen LogP contribution in [-0.2, 0) is 17.5 Å². The first-order chi connectivity index (χ1) is 19.9. The second kappa shape index (κ2) is 13.4. The molecule has 2 aromatic carbocycles. The number of rotatable bonds is 9. The molecule has 224 valence electrons. The SMILES string of the molecule is Cc1cc(Nc2ccc(CN(C(=O)/C=C/c3ccc(C(F)(F)F)cc3)C3CCN(CCC(F)(F)F)CC3)cc2)ccn1. The van der Waals surface area contributed by atoms with Gasteiger partial charge in [0.15, 0.2) is 0 Å². The number of piperidine rings is 1. The molecule has 5 nitrogen and oxygen atoms in total. The molecule has 1 amide bonds. The molecule has 2 heterocycles. The number of carbonyl (C=O) groups excluding carboxylic acids is 1. The van der Waals surface area contributed by atoms with Crippen molar-refractivity contribution in [2.24, 2.45) is 0 Å². The lowest BCUT2D eigenvalue weighted by atomic mass is 10.0. The van der Waals surface area contributed by atoms with Crippen LogP contribution >= 0.6 is 0 Å². The summed E-state index contributed by atoms with van der Waals surface area (Å²) in [5, 5.41) is 3.30. The van der Waals surface area contributed by atoms with E-state index in [4.69, 9.17) is 0 Å². The normalized spacial score (nSPS) is 15.2. The van der Waals surface area contributed by atoms with E-state index in [1.165, 1.54) is 24.3 Å². The second-order valence-corrected chi connectivity index (χ2v) is 10.4. The van der Waals surface area contributed by atoms with Gasteiger partial charge in [-0.1, -0.05) is 24.3 Å². The molecule has 11 heteroatoms. The standard InChI is InChI=1S/C31H32F6N4O/c1-22-20-27(12-16-38-22)39-26-9-4-24(5-10-26)21-41(28-13-17-40(18-14-28)19-15-30(32,33)34)29(42)11-6-23-2-7-25(8-3-23)31(35,36)37/h2-12,16,20,28H,13-15,17-19,21H2,1H3,(H,38,39)/b11-6+. The van der Waals surface area contributed by atoms with Crippen molar-refractivity contribution in [2.45, 2.75) is 51.1 Å². The third-order valence-electron chi connectivity index (χ3n) is 7.14. The topological polar surface area (TPSA) is 48.5 Å². The number of hydrogen-bond donors (Lipinski definition) is 1. The number of alkyl halides is 6. The number of benzene rings is 2. The Morgan fingerprint density at radius 3 is 2.24 bits per heavy atom. The van der Waals surface area contributed by atoms with Gasteiger partial charge < -0.3 is 15.1 Å². The highest BCUT2D eigenvalue weighted by molar-refractivity contribution is 5.92. The number of carbonyl (C=O) groups is 1. The summed E-state index contributed by atoms with van der Waals surface area (Å²) in [5.41, 5.74) is 3.14. The zero-order chi connectivity index (χ0) is 30.3. The van der Waals surface area contributed by atoms with Crippen LogP contribution < -0.4 is 5.32 Å². The van der Waals surface area contributed by atoms with Crippen molar-refractivity contribution in [3.63, 3.8) is 0 Å². The van der Waals surface area contributed by atoms with E-state index in [1.54, 1.807) is 16.0 Å². The Morgan fingerprint density at radius 2 is 1.64 bits per heavy atom. The van der Waals surface area contributed by atoms with Gasteiger partial charge in [-0.05, 0) is 73.4 Å². The van der Waals surface area contributed by atoms with Crippen LogP contribution in [0.1, 0.15) is 41.6 Å². The summed E-state index contributed by atoms with van der Waals surface area (Å²) in [6.07, 6.45) is -4.02. The highest BCUT2D eigenvalue weighted by Gasteiger charge is 2.32. The number of nitrogens with zero attached hydrogens (tertiary/aromatic N) is 3. The lowest BCUT2D eigenvalue weighted by Gasteiger charge is -2.38. The fraction of sp³-hybridized carbons (Fsp3) is 0.355. The van der Waals surface area contributed by atoms with Crippen LogP contribution in [-0.4, -0.2) is 52.5 Å². The highest BCUT2D eigenvalue weighted by Crippen LogP contribution is 2.29. The van der Waals surface area contributed by atoms with Gasteiger partial charge in [-0.15, -0.1) is 0 Å². The van der Waals surface area contributed by atoms with E-state index in [1.807, 2.05) is 43.3 Å². The molecule has 1 aliphatic rings. The minimum atomic E-state index is -4.45. The summed E-state index contributed by atoms with van der Waals surface area (Å²) in [6, 6.07) is 15.7. The van der Waals surface area contributed by atoms with Gasteiger partial charge in [-0.3, -0.25) is 9.78 Å².